The highest BCUT2D eigenvalue weighted by molar-refractivity contribution is 5.76. The van der Waals surface area contributed by atoms with E-state index in [4.69, 9.17) is 0 Å². The van der Waals surface area contributed by atoms with E-state index in [0.29, 0.717) is 18.4 Å². The van der Waals surface area contributed by atoms with E-state index >= 15 is 0 Å². The highest BCUT2D eigenvalue weighted by Gasteiger charge is 2.23. The van der Waals surface area contributed by atoms with Crippen LogP contribution in [0.2, 0.25) is 0 Å². The Morgan fingerprint density at radius 2 is 2.05 bits per heavy atom. The fourth-order valence-corrected chi connectivity index (χ4v) is 3.00. The Morgan fingerprint density at radius 1 is 1.38 bits per heavy atom. The number of hydrogen-bond acceptors (Lipinski definition) is 4. The zero-order valence-corrected chi connectivity index (χ0v) is 13.5. The lowest BCUT2D eigenvalue weighted by atomic mass is 9.92. The fourth-order valence-electron chi connectivity index (χ4n) is 3.00. The van der Waals surface area contributed by atoms with Gasteiger partial charge in [-0.2, -0.15) is 5.10 Å². The Morgan fingerprint density at radius 3 is 2.57 bits per heavy atom. The van der Waals surface area contributed by atoms with E-state index in [1.165, 1.54) is 6.33 Å². The second kappa shape index (κ2) is 7.02. The molecule has 1 aromatic rings. The molecule has 2 heterocycles. The molecule has 1 unspecified atom stereocenters. The monoisotopic (exact) mass is 293 g/mol. The molecule has 1 aromatic heterocycles. The summed E-state index contributed by atoms with van der Waals surface area (Å²) in [6.07, 6.45) is 4.36. The molecule has 1 aliphatic rings. The largest absolute Gasteiger partial charge is 0.346 e. The summed E-state index contributed by atoms with van der Waals surface area (Å²) < 4.78 is 1.70. The van der Waals surface area contributed by atoms with E-state index in [2.05, 4.69) is 34.1 Å². The molecule has 0 aromatic carbocycles. The smallest absolute Gasteiger partial charge is 0.220 e. The van der Waals surface area contributed by atoms with Crippen molar-refractivity contribution in [3.63, 3.8) is 0 Å². The first-order chi connectivity index (χ1) is 9.97. The van der Waals surface area contributed by atoms with Crippen molar-refractivity contribution in [1.82, 2.24) is 25.0 Å². The molecular formula is C15H27N5O. The molecule has 0 bridgehead atoms. The fraction of sp³-hybridized carbons (Fsp3) is 0.800. The highest BCUT2D eigenvalue weighted by Crippen LogP contribution is 2.22. The molecule has 0 spiro atoms. The van der Waals surface area contributed by atoms with Crippen LogP contribution < -0.4 is 5.32 Å². The van der Waals surface area contributed by atoms with Crippen LogP contribution >= 0.6 is 0 Å². The van der Waals surface area contributed by atoms with E-state index < -0.39 is 0 Å². The second-order valence-corrected chi connectivity index (χ2v) is 6.31. The molecule has 2 rings (SSSR count). The molecule has 6 nitrogen and oxygen atoms in total. The number of piperidine rings is 1. The van der Waals surface area contributed by atoms with Gasteiger partial charge < -0.3 is 10.2 Å². The van der Waals surface area contributed by atoms with Crippen molar-refractivity contribution in [2.45, 2.75) is 52.1 Å². The Bertz CT molecular complexity index is 462. The number of nitrogens with zero attached hydrogens (tertiary/aromatic N) is 4. The van der Waals surface area contributed by atoms with Gasteiger partial charge in [0.2, 0.25) is 5.91 Å². The van der Waals surface area contributed by atoms with Crippen LogP contribution in [0.4, 0.5) is 0 Å². The summed E-state index contributed by atoms with van der Waals surface area (Å²) in [5, 5.41) is 7.06. The summed E-state index contributed by atoms with van der Waals surface area (Å²) >= 11 is 0. The minimum Gasteiger partial charge on any atom is -0.346 e. The van der Waals surface area contributed by atoms with Gasteiger partial charge in [-0.15, -0.1) is 0 Å². The maximum atomic E-state index is 12.2. The summed E-state index contributed by atoms with van der Waals surface area (Å²) in [6.45, 7) is 8.62. The van der Waals surface area contributed by atoms with Gasteiger partial charge in [-0.3, -0.25) is 9.48 Å². The van der Waals surface area contributed by atoms with Crippen LogP contribution in [0.25, 0.3) is 0 Å². The average Bonchev–Trinajstić information content (AvgIpc) is 2.85. The lowest BCUT2D eigenvalue weighted by molar-refractivity contribution is -0.123. The predicted octanol–water partition coefficient (Wildman–Crippen LogP) is 1.50. The van der Waals surface area contributed by atoms with Crippen molar-refractivity contribution >= 4 is 5.91 Å². The van der Waals surface area contributed by atoms with Crippen molar-refractivity contribution in [2.75, 3.05) is 13.1 Å². The van der Waals surface area contributed by atoms with Gasteiger partial charge in [0, 0.05) is 19.5 Å². The maximum absolute atomic E-state index is 12.2. The minimum atomic E-state index is -0.0965. The first kappa shape index (κ1) is 15.9. The summed E-state index contributed by atoms with van der Waals surface area (Å²) in [4.78, 5) is 18.8. The molecule has 0 saturated carbocycles. The average molecular weight is 293 g/mol. The number of hydrogen-bond donors (Lipinski definition) is 1. The van der Waals surface area contributed by atoms with Crippen molar-refractivity contribution < 1.29 is 4.79 Å². The van der Waals surface area contributed by atoms with Crippen LogP contribution in [0.5, 0.6) is 0 Å². The van der Waals surface area contributed by atoms with Gasteiger partial charge in [0.05, 0.1) is 6.04 Å². The summed E-state index contributed by atoms with van der Waals surface area (Å²) in [5.74, 6) is 1.41. The molecule has 1 amide bonds. The van der Waals surface area contributed by atoms with E-state index in [9.17, 15) is 4.79 Å². The van der Waals surface area contributed by atoms with E-state index in [1.807, 2.05) is 14.0 Å². The molecule has 1 saturated heterocycles. The van der Waals surface area contributed by atoms with Crippen LogP contribution in [0.1, 0.15) is 51.9 Å². The van der Waals surface area contributed by atoms with Gasteiger partial charge in [-0.1, -0.05) is 0 Å². The molecule has 0 aliphatic carbocycles. The maximum Gasteiger partial charge on any atom is 0.220 e. The third kappa shape index (κ3) is 4.27. The Kier molecular flexibility index (Phi) is 5.33. The molecule has 1 aliphatic heterocycles. The number of carbonyl (C=O) groups is 1. The standard InChI is InChI=1S/C15H27N5O/c1-11(2)20-7-5-13(6-8-20)9-14(21)18-12(3)15-16-10-17-19(15)4/h10-13H,5-9H2,1-4H3,(H,18,21). The number of likely N-dealkylation sites (tertiary alicyclic amines) is 1. The summed E-state index contributed by atoms with van der Waals surface area (Å²) in [5.41, 5.74) is 0. The van der Waals surface area contributed by atoms with Gasteiger partial charge in [0.15, 0.2) is 0 Å². The molecule has 0 radical (unpaired) electrons. The number of rotatable bonds is 5. The normalized spacial score (nSPS) is 18.9. The van der Waals surface area contributed by atoms with Crippen molar-refractivity contribution in [2.24, 2.45) is 13.0 Å². The zero-order chi connectivity index (χ0) is 15.4. The lowest BCUT2D eigenvalue weighted by Gasteiger charge is -2.34. The van der Waals surface area contributed by atoms with Gasteiger partial charge in [0.1, 0.15) is 12.2 Å². The van der Waals surface area contributed by atoms with Gasteiger partial charge >= 0.3 is 0 Å². The first-order valence-electron chi connectivity index (χ1n) is 7.84. The third-order valence-corrected chi connectivity index (χ3v) is 4.36. The van der Waals surface area contributed by atoms with Crippen molar-refractivity contribution in [1.29, 1.82) is 0 Å². The van der Waals surface area contributed by atoms with E-state index in [1.54, 1.807) is 4.68 Å². The number of aromatic nitrogens is 3. The lowest BCUT2D eigenvalue weighted by Crippen LogP contribution is -2.40. The first-order valence-corrected chi connectivity index (χ1v) is 7.84. The SMILES string of the molecule is CC(NC(=O)CC1CCN(C(C)C)CC1)c1ncnn1C. The van der Waals surface area contributed by atoms with Crippen molar-refractivity contribution in [3.05, 3.63) is 12.2 Å². The Labute approximate surface area is 126 Å². The molecule has 1 atom stereocenters. The minimum absolute atomic E-state index is 0.0965. The number of carbonyl (C=O) groups excluding carboxylic acids is 1. The number of aryl methyl sites for hydroxylation is 1. The van der Waals surface area contributed by atoms with Crippen LogP contribution in [-0.2, 0) is 11.8 Å². The number of amides is 1. The molecule has 6 heteroatoms. The Balaban J connectivity index is 1.77. The van der Waals surface area contributed by atoms with E-state index in [-0.39, 0.29) is 11.9 Å². The van der Waals surface area contributed by atoms with Gasteiger partial charge in [-0.05, 0) is 52.6 Å². The highest BCUT2D eigenvalue weighted by atomic mass is 16.1. The van der Waals surface area contributed by atoms with Crippen LogP contribution in [0, 0.1) is 5.92 Å². The van der Waals surface area contributed by atoms with Crippen molar-refractivity contribution in [3.8, 4) is 0 Å². The second-order valence-electron chi connectivity index (χ2n) is 6.31. The quantitative estimate of drug-likeness (QED) is 0.893. The summed E-state index contributed by atoms with van der Waals surface area (Å²) in [6, 6.07) is 0.511. The van der Waals surface area contributed by atoms with Gasteiger partial charge in [0.25, 0.3) is 0 Å². The zero-order valence-electron chi connectivity index (χ0n) is 13.5. The van der Waals surface area contributed by atoms with Crippen LogP contribution in [0.3, 0.4) is 0 Å². The predicted molar refractivity (Wildman–Crippen MR) is 81.6 cm³/mol. The van der Waals surface area contributed by atoms with Gasteiger partial charge in [-0.25, -0.2) is 4.98 Å². The molecule has 1 N–H and O–H groups in total. The summed E-state index contributed by atoms with van der Waals surface area (Å²) in [7, 11) is 1.84. The van der Waals surface area contributed by atoms with Crippen LogP contribution in [-0.4, -0.2) is 44.7 Å². The molecule has 1 fully saturated rings. The number of nitrogens with one attached hydrogen (secondary N) is 1. The van der Waals surface area contributed by atoms with E-state index in [0.717, 1.165) is 31.8 Å². The van der Waals surface area contributed by atoms with Crippen LogP contribution in [0.15, 0.2) is 6.33 Å². The Hall–Kier alpha value is -1.43. The molecular weight excluding hydrogens is 266 g/mol. The third-order valence-electron chi connectivity index (χ3n) is 4.36. The molecule has 118 valence electrons. The molecule has 21 heavy (non-hydrogen) atoms. The topological polar surface area (TPSA) is 63.1 Å².